The predicted octanol–water partition coefficient (Wildman–Crippen LogP) is 2.69. The fourth-order valence-corrected chi connectivity index (χ4v) is 2.12. The van der Waals surface area contributed by atoms with Crippen LogP contribution >= 0.6 is 0 Å². The second-order valence-electron chi connectivity index (χ2n) is 5.21. The Kier molecular flexibility index (Phi) is 3.31. The van der Waals surface area contributed by atoms with Gasteiger partial charge in [-0.3, -0.25) is 4.90 Å². The van der Waals surface area contributed by atoms with Crippen molar-refractivity contribution < 1.29 is 4.74 Å². The molecule has 2 nitrogen and oxygen atoms in total. The first-order chi connectivity index (χ1) is 7.59. The highest BCUT2D eigenvalue weighted by Gasteiger charge is 2.36. The van der Waals surface area contributed by atoms with Gasteiger partial charge in [-0.2, -0.15) is 0 Å². The Morgan fingerprint density at radius 1 is 1.31 bits per heavy atom. The number of benzene rings is 1. The summed E-state index contributed by atoms with van der Waals surface area (Å²) in [6, 6.07) is 10.6. The van der Waals surface area contributed by atoms with Crippen LogP contribution in [0.25, 0.3) is 0 Å². The summed E-state index contributed by atoms with van der Waals surface area (Å²) in [7, 11) is 2.16. The molecule has 1 aliphatic rings. The summed E-state index contributed by atoms with van der Waals surface area (Å²) in [5.41, 5.74) is 1.57. The van der Waals surface area contributed by atoms with Crippen molar-refractivity contribution in [3.8, 4) is 0 Å². The summed E-state index contributed by atoms with van der Waals surface area (Å²) in [5.74, 6) is 0. The van der Waals surface area contributed by atoms with Gasteiger partial charge in [0.25, 0.3) is 0 Å². The topological polar surface area (TPSA) is 12.5 Å². The molecule has 0 aromatic heterocycles. The van der Waals surface area contributed by atoms with E-state index in [1.165, 1.54) is 5.56 Å². The molecule has 0 unspecified atom stereocenters. The number of rotatable bonds is 3. The summed E-state index contributed by atoms with van der Waals surface area (Å²) in [4.78, 5) is 2.34. The van der Waals surface area contributed by atoms with Crippen LogP contribution in [0.1, 0.15) is 25.8 Å². The number of hydrogen-bond donors (Lipinski definition) is 0. The van der Waals surface area contributed by atoms with Gasteiger partial charge < -0.3 is 4.74 Å². The quantitative estimate of drug-likeness (QED) is 0.775. The van der Waals surface area contributed by atoms with Crippen LogP contribution in [0.3, 0.4) is 0 Å². The van der Waals surface area contributed by atoms with Gasteiger partial charge in [-0.15, -0.1) is 0 Å². The monoisotopic (exact) mass is 219 g/mol. The summed E-state index contributed by atoms with van der Waals surface area (Å²) < 4.78 is 5.83. The molecule has 2 rings (SSSR count). The number of nitrogens with zero attached hydrogens (tertiary/aromatic N) is 1. The number of likely N-dealkylation sites (N-methyl/N-ethyl adjacent to an activating group) is 1. The van der Waals surface area contributed by atoms with Gasteiger partial charge in [0.1, 0.15) is 6.23 Å². The summed E-state index contributed by atoms with van der Waals surface area (Å²) in [5, 5.41) is 0. The van der Waals surface area contributed by atoms with Crippen molar-refractivity contribution in [2.45, 2.75) is 38.5 Å². The van der Waals surface area contributed by atoms with Gasteiger partial charge >= 0.3 is 0 Å². The molecule has 2 heteroatoms. The van der Waals surface area contributed by atoms with E-state index < -0.39 is 0 Å². The SMILES string of the molecule is CN1[C@H](CCc2ccccc2)OCC1(C)C. The van der Waals surface area contributed by atoms with Crippen molar-refractivity contribution in [2.24, 2.45) is 0 Å². The number of ether oxygens (including phenoxy) is 1. The van der Waals surface area contributed by atoms with Gasteiger partial charge in [0.15, 0.2) is 0 Å². The van der Waals surface area contributed by atoms with Gasteiger partial charge in [-0.1, -0.05) is 30.3 Å². The molecule has 1 aromatic carbocycles. The van der Waals surface area contributed by atoms with Crippen LogP contribution in [0.4, 0.5) is 0 Å². The first kappa shape index (κ1) is 11.6. The van der Waals surface area contributed by atoms with Gasteiger partial charge in [-0.05, 0) is 39.3 Å². The van der Waals surface area contributed by atoms with Crippen LogP contribution in [0.2, 0.25) is 0 Å². The minimum atomic E-state index is 0.182. The zero-order chi connectivity index (χ0) is 11.6. The Hall–Kier alpha value is -0.860. The van der Waals surface area contributed by atoms with Gasteiger partial charge in [0, 0.05) is 5.54 Å². The molecule has 0 amide bonds. The molecule has 0 N–H and O–H groups in total. The smallest absolute Gasteiger partial charge is 0.111 e. The molecular weight excluding hydrogens is 198 g/mol. The van der Waals surface area contributed by atoms with E-state index in [0.717, 1.165) is 19.4 Å². The lowest BCUT2D eigenvalue weighted by atomic mass is 10.1. The molecule has 88 valence electrons. The van der Waals surface area contributed by atoms with E-state index in [1.807, 2.05) is 0 Å². The fourth-order valence-electron chi connectivity index (χ4n) is 2.12. The van der Waals surface area contributed by atoms with Crippen LogP contribution < -0.4 is 0 Å². The Bertz CT molecular complexity index is 334. The average Bonchev–Trinajstić information content (AvgIpc) is 2.54. The first-order valence-electron chi connectivity index (χ1n) is 5.98. The van der Waals surface area contributed by atoms with Crippen LogP contribution in [0, 0.1) is 0 Å². The summed E-state index contributed by atoms with van der Waals surface area (Å²) in [6.07, 6.45) is 2.44. The molecule has 1 atom stereocenters. The van der Waals surface area contributed by atoms with Gasteiger partial charge in [0.2, 0.25) is 0 Å². The highest BCUT2D eigenvalue weighted by Crippen LogP contribution is 2.27. The zero-order valence-electron chi connectivity index (χ0n) is 10.4. The Labute approximate surface area is 98.2 Å². The molecule has 1 aromatic rings. The molecule has 1 heterocycles. The van der Waals surface area contributed by atoms with Crippen LogP contribution in [0.5, 0.6) is 0 Å². The highest BCUT2D eigenvalue weighted by molar-refractivity contribution is 5.14. The van der Waals surface area contributed by atoms with Crippen molar-refractivity contribution in [3.63, 3.8) is 0 Å². The van der Waals surface area contributed by atoms with E-state index in [1.54, 1.807) is 0 Å². The molecule has 0 aliphatic carbocycles. The van der Waals surface area contributed by atoms with Crippen molar-refractivity contribution in [3.05, 3.63) is 35.9 Å². The predicted molar refractivity (Wildman–Crippen MR) is 66.3 cm³/mol. The fraction of sp³-hybridized carbons (Fsp3) is 0.571. The summed E-state index contributed by atoms with van der Waals surface area (Å²) >= 11 is 0. The standard InChI is InChI=1S/C14H21NO/c1-14(2)11-16-13(15(14)3)10-9-12-7-5-4-6-8-12/h4-8,13H,9-11H2,1-3H3/t13-/m0/s1. The number of aryl methyl sites for hydroxylation is 1. The van der Waals surface area contributed by atoms with E-state index in [0.29, 0.717) is 0 Å². The van der Waals surface area contributed by atoms with Crippen molar-refractivity contribution >= 4 is 0 Å². The minimum absolute atomic E-state index is 0.182. The Morgan fingerprint density at radius 2 is 2.00 bits per heavy atom. The largest absolute Gasteiger partial charge is 0.361 e. The molecule has 1 fully saturated rings. The maximum Gasteiger partial charge on any atom is 0.111 e. The number of hydrogen-bond acceptors (Lipinski definition) is 2. The van der Waals surface area contributed by atoms with E-state index in [-0.39, 0.29) is 11.8 Å². The Morgan fingerprint density at radius 3 is 2.56 bits per heavy atom. The first-order valence-corrected chi connectivity index (χ1v) is 5.98. The third-order valence-electron chi connectivity index (χ3n) is 3.54. The molecule has 16 heavy (non-hydrogen) atoms. The van der Waals surface area contributed by atoms with E-state index in [2.05, 4.69) is 56.1 Å². The normalized spacial score (nSPS) is 24.8. The lowest BCUT2D eigenvalue weighted by Gasteiger charge is -2.28. The highest BCUT2D eigenvalue weighted by atomic mass is 16.5. The minimum Gasteiger partial charge on any atom is -0.361 e. The van der Waals surface area contributed by atoms with Crippen molar-refractivity contribution in [2.75, 3.05) is 13.7 Å². The van der Waals surface area contributed by atoms with Crippen LogP contribution in [-0.4, -0.2) is 30.3 Å². The zero-order valence-corrected chi connectivity index (χ0v) is 10.4. The van der Waals surface area contributed by atoms with E-state index >= 15 is 0 Å². The summed E-state index contributed by atoms with van der Waals surface area (Å²) in [6.45, 7) is 5.30. The van der Waals surface area contributed by atoms with Gasteiger partial charge in [-0.25, -0.2) is 0 Å². The maximum absolute atomic E-state index is 5.83. The molecule has 0 spiro atoms. The third kappa shape index (κ3) is 2.45. The average molecular weight is 219 g/mol. The molecule has 1 aliphatic heterocycles. The lowest BCUT2D eigenvalue weighted by molar-refractivity contribution is 0.0344. The molecule has 1 saturated heterocycles. The van der Waals surface area contributed by atoms with Crippen LogP contribution in [-0.2, 0) is 11.2 Å². The van der Waals surface area contributed by atoms with E-state index in [4.69, 9.17) is 4.74 Å². The van der Waals surface area contributed by atoms with E-state index in [9.17, 15) is 0 Å². The third-order valence-corrected chi connectivity index (χ3v) is 3.54. The van der Waals surface area contributed by atoms with Crippen LogP contribution in [0.15, 0.2) is 30.3 Å². The second kappa shape index (κ2) is 4.56. The molecule has 0 bridgehead atoms. The second-order valence-corrected chi connectivity index (χ2v) is 5.21. The molecular formula is C14H21NO. The van der Waals surface area contributed by atoms with Gasteiger partial charge in [0.05, 0.1) is 6.61 Å². The van der Waals surface area contributed by atoms with Crippen molar-refractivity contribution in [1.82, 2.24) is 4.90 Å². The maximum atomic E-state index is 5.83. The lowest BCUT2D eigenvalue weighted by Crippen LogP contribution is -2.41. The molecule has 0 saturated carbocycles. The Balaban J connectivity index is 1.88. The van der Waals surface area contributed by atoms with Crippen molar-refractivity contribution in [1.29, 1.82) is 0 Å². The molecule has 0 radical (unpaired) electrons.